The third-order valence-corrected chi connectivity index (χ3v) is 3.94. The van der Waals surface area contributed by atoms with Crippen molar-refractivity contribution in [2.75, 3.05) is 7.11 Å². The first-order chi connectivity index (χ1) is 7.86. The predicted octanol–water partition coefficient (Wildman–Crippen LogP) is 4.23. The fraction of sp³-hybridized carbons (Fsp3) is 0.462. The first kappa shape index (κ1) is 12.7. The molecule has 0 aromatic heterocycles. The van der Waals surface area contributed by atoms with E-state index in [1.54, 1.807) is 12.1 Å². The fourth-order valence-corrected chi connectivity index (χ4v) is 2.46. The first-order valence-electron chi connectivity index (χ1n) is 5.44. The second-order valence-corrected chi connectivity index (χ2v) is 5.89. The minimum absolute atomic E-state index is 0.0597. The standard InChI is InChI=1S/C13H14Cl2O2/c1-13(2)6-8(13)12(16)7-4-10(15)11(17-3)5-9(7)14/h4-5,8H,6H2,1-3H3. The molecule has 1 aliphatic carbocycles. The summed E-state index contributed by atoms with van der Waals surface area (Å²) in [6.45, 7) is 4.16. The minimum atomic E-state index is 0.0597. The van der Waals surface area contributed by atoms with E-state index in [1.807, 2.05) is 0 Å². The highest BCUT2D eigenvalue weighted by atomic mass is 35.5. The quantitative estimate of drug-likeness (QED) is 0.770. The van der Waals surface area contributed by atoms with Crippen LogP contribution in [0.2, 0.25) is 10.0 Å². The van der Waals surface area contributed by atoms with Gasteiger partial charge in [0.1, 0.15) is 5.75 Å². The molecule has 0 radical (unpaired) electrons. The Kier molecular flexibility index (Phi) is 3.13. The summed E-state index contributed by atoms with van der Waals surface area (Å²) in [7, 11) is 1.52. The number of methoxy groups -OCH3 is 1. The van der Waals surface area contributed by atoms with Gasteiger partial charge in [-0.2, -0.15) is 0 Å². The highest BCUT2D eigenvalue weighted by molar-refractivity contribution is 6.37. The molecule has 0 heterocycles. The van der Waals surface area contributed by atoms with Crippen molar-refractivity contribution in [2.45, 2.75) is 20.3 Å². The van der Waals surface area contributed by atoms with Crippen LogP contribution < -0.4 is 4.74 Å². The molecule has 1 aromatic rings. The lowest BCUT2D eigenvalue weighted by Crippen LogP contribution is -2.07. The molecule has 17 heavy (non-hydrogen) atoms. The third-order valence-electron chi connectivity index (χ3n) is 3.34. The zero-order valence-corrected chi connectivity index (χ0v) is 11.5. The molecule has 0 aliphatic heterocycles. The molecule has 2 rings (SSSR count). The van der Waals surface area contributed by atoms with Gasteiger partial charge >= 0.3 is 0 Å². The molecule has 4 heteroatoms. The number of hydrogen-bond acceptors (Lipinski definition) is 2. The molecular formula is C13H14Cl2O2. The lowest BCUT2D eigenvalue weighted by atomic mass is 10.0. The van der Waals surface area contributed by atoms with Crippen LogP contribution in [0.1, 0.15) is 30.6 Å². The third kappa shape index (κ3) is 2.29. The fourth-order valence-electron chi connectivity index (χ4n) is 1.98. The monoisotopic (exact) mass is 272 g/mol. The van der Waals surface area contributed by atoms with Crippen LogP contribution in [0.3, 0.4) is 0 Å². The molecule has 2 nitrogen and oxygen atoms in total. The number of halogens is 2. The summed E-state index contributed by atoms with van der Waals surface area (Å²) in [6, 6.07) is 3.19. The normalized spacial score (nSPS) is 21.1. The number of ketones is 1. The van der Waals surface area contributed by atoms with Crippen molar-refractivity contribution in [2.24, 2.45) is 11.3 Å². The van der Waals surface area contributed by atoms with Crippen LogP contribution in [0.25, 0.3) is 0 Å². The maximum Gasteiger partial charge on any atom is 0.168 e. The number of benzene rings is 1. The molecule has 1 saturated carbocycles. The van der Waals surface area contributed by atoms with Gasteiger partial charge in [-0.1, -0.05) is 37.0 Å². The second kappa shape index (κ2) is 4.18. The van der Waals surface area contributed by atoms with E-state index in [9.17, 15) is 4.79 Å². The SMILES string of the molecule is COc1cc(Cl)c(C(=O)C2CC2(C)C)cc1Cl. The van der Waals surface area contributed by atoms with E-state index in [4.69, 9.17) is 27.9 Å². The van der Waals surface area contributed by atoms with Gasteiger partial charge in [-0.05, 0) is 17.9 Å². The van der Waals surface area contributed by atoms with Crippen LogP contribution in [-0.4, -0.2) is 12.9 Å². The van der Waals surface area contributed by atoms with Crippen LogP contribution in [0, 0.1) is 11.3 Å². The first-order valence-corrected chi connectivity index (χ1v) is 6.19. The summed E-state index contributed by atoms with van der Waals surface area (Å²) >= 11 is 12.1. The van der Waals surface area contributed by atoms with Gasteiger partial charge in [-0.25, -0.2) is 0 Å². The Bertz CT molecular complexity index is 481. The molecule has 0 N–H and O–H groups in total. The van der Waals surface area contributed by atoms with Gasteiger partial charge in [0.25, 0.3) is 0 Å². The number of ether oxygens (including phenoxy) is 1. The van der Waals surface area contributed by atoms with E-state index in [-0.39, 0.29) is 17.1 Å². The summed E-state index contributed by atoms with van der Waals surface area (Å²) in [5.41, 5.74) is 0.584. The molecule has 0 bridgehead atoms. The van der Waals surface area contributed by atoms with E-state index in [2.05, 4.69) is 13.8 Å². The molecule has 0 spiro atoms. The van der Waals surface area contributed by atoms with Crippen molar-refractivity contribution in [3.05, 3.63) is 27.7 Å². The smallest absolute Gasteiger partial charge is 0.168 e. The van der Waals surface area contributed by atoms with Crippen LogP contribution in [0.5, 0.6) is 5.75 Å². The number of carbonyl (C=O) groups is 1. The zero-order valence-electron chi connectivity index (χ0n) is 10.0. The van der Waals surface area contributed by atoms with Crippen LogP contribution >= 0.6 is 23.2 Å². The Morgan fingerprint density at radius 1 is 1.35 bits per heavy atom. The minimum Gasteiger partial charge on any atom is -0.495 e. The molecule has 1 aliphatic rings. The van der Waals surface area contributed by atoms with Crippen molar-refractivity contribution < 1.29 is 9.53 Å². The zero-order chi connectivity index (χ0) is 12.8. The molecule has 1 unspecified atom stereocenters. The number of hydrogen-bond donors (Lipinski definition) is 0. The Morgan fingerprint density at radius 3 is 2.41 bits per heavy atom. The summed E-state index contributed by atoms with van der Waals surface area (Å²) in [5, 5.41) is 0.817. The predicted molar refractivity (Wildman–Crippen MR) is 69.2 cm³/mol. The lowest BCUT2D eigenvalue weighted by Gasteiger charge is -2.09. The van der Waals surface area contributed by atoms with E-state index in [0.29, 0.717) is 21.4 Å². The molecule has 92 valence electrons. The highest BCUT2D eigenvalue weighted by Crippen LogP contribution is 2.53. The van der Waals surface area contributed by atoms with E-state index in [1.165, 1.54) is 7.11 Å². The average molecular weight is 273 g/mol. The molecule has 0 saturated heterocycles. The van der Waals surface area contributed by atoms with Crippen molar-refractivity contribution in [1.29, 1.82) is 0 Å². The van der Waals surface area contributed by atoms with Crippen LogP contribution in [0.4, 0.5) is 0 Å². The van der Waals surface area contributed by atoms with E-state index in [0.717, 1.165) is 6.42 Å². The van der Waals surface area contributed by atoms with E-state index >= 15 is 0 Å². The van der Waals surface area contributed by atoms with Gasteiger partial charge in [-0.3, -0.25) is 4.79 Å². The topological polar surface area (TPSA) is 26.3 Å². The van der Waals surface area contributed by atoms with Gasteiger partial charge in [0.05, 0.1) is 17.2 Å². The Hall–Kier alpha value is -0.730. The van der Waals surface area contributed by atoms with E-state index < -0.39 is 0 Å². The maximum atomic E-state index is 12.2. The van der Waals surface area contributed by atoms with Gasteiger partial charge in [0, 0.05) is 17.5 Å². The second-order valence-electron chi connectivity index (χ2n) is 5.08. The summed E-state index contributed by atoms with van der Waals surface area (Å²) < 4.78 is 5.05. The van der Waals surface area contributed by atoms with Crippen LogP contribution in [-0.2, 0) is 0 Å². The molecule has 1 atom stereocenters. The Balaban J connectivity index is 2.34. The largest absolute Gasteiger partial charge is 0.495 e. The van der Waals surface area contributed by atoms with Crippen LogP contribution in [0.15, 0.2) is 12.1 Å². The summed E-state index contributed by atoms with van der Waals surface area (Å²) in [4.78, 5) is 12.2. The molecular weight excluding hydrogens is 259 g/mol. The maximum absolute atomic E-state index is 12.2. The van der Waals surface area contributed by atoms with Gasteiger partial charge in [0.2, 0.25) is 0 Å². The molecule has 1 aromatic carbocycles. The molecule has 0 amide bonds. The van der Waals surface area contributed by atoms with Gasteiger partial charge < -0.3 is 4.74 Å². The highest BCUT2D eigenvalue weighted by Gasteiger charge is 2.50. The Morgan fingerprint density at radius 2 is 1.94 bits per heavy atom. The summed E-state index contributed by atoms with van der Waals surface area (Å²) in [5.74, 6) is 0.622. The number of carbonyl (C=O) groups excluding carboxylic acids is 1. The van der Waals surface area contributed by atoms with Crippen molar-refractivity contribution in [3.63, 3.8) is 0 Å². The number of rotatable bonds is 3. The summed E-state index contributed by atoms with van der Waals surface area (Å²) in [6.07, 6.45) is 0.909. The lowest BCUT2D eigenvalue weighted by molar-refractivity contribution is 0.0953. The Labute approximate surface area is 111 Å². The number of Topliss-reactive ketones (excluding diaryl/α,β-unsaturated/α-hetero) is 1. The van der Waals surface area contributed by atoms with Gasteiger partial charge in [-0.15, -0.1) is 0 Å². The average Bonchev–Trinajstić information content (AvgIpc) is 2.89. The van der Waals surface area contributed by atoms with Crippen molar-refractivity contribution in [1.82, 2.24) is 0 Å². The molecule has 1 fully saturated rings. The van der Waals surface area contributed by atoms with Gasteiger partial charge in [0.15, 0.2) is 5.78 Å². The van der Waals surface area contributed by atoms with Crippen molar-refractivity contribution in [3.8, 4) is 5.75 Å². The van der Waals surface area contributed by atoms with Crippen molar-refractivity contribution >= 4 is 29.0 Å².